The Kier molecular flexibility index (Phi) is 6.60. The van der Waals surface area contributed by atoms with E-state index in [2.05, 4.69) is 6.07 Å². The zero-order valence-electron chi connectivity index (χ0n) is 13.7. The second kappa shape index (κ2) is 9.16. The number of ether oxygens (including phenoxy) is 1. The maximum atomic E-state index is 12.5. The summed E-state index contributed by atoms with van der Waals surface area (Å²) in [5, 5.41) is 8.82. The van der Waals surface area contributed by atoms with Crippen LogP contribution in [0, 0.1) is 11.3 Å². The molecular weight excluding hydrogens is 300 g/mol. The number of carbonyl (C=O) groups is 1. The van der Waals surface area contributed by atoms with Gasteiger partial charge in [0.15, 0.2) is 0 Å². The monoisotopic (exact) mass is 320 g/mol. The fourth-order valence-corrected chi connectivity index (χ4v) is 2.33. The van der Waals surface area contributed by atoms with Crippen molar-refractivity contribution in [3.63, 3.8) is 0 Å². The molecule has 0 N–H and O–H groups in total. The second-order valence-electron chi connectivity index (χ2n) is 5.23. The van der Waals surface area contributed by atoms with E-state index in [0.29, 0.717) is 25.3 Å². The van der Waals surface area contributed by atoms with Gasteiger partial charge in [0.25, 0.3) is 0 Å². The minimum Gasteiger partial charge on any atom is -0.496 e. The summed E-state index contributed by atoms with van der Waals surface area (Å²) < 4.78 is 5.28. The molecule has 0 aromatic heterocycles. The average Bonchev–Trinajstić information content (AvgIpc) is 2.64. The summed E-state index contributed by atoms with van der Waals surface area (Å²) in [6, 6.07) is 19.4. The Balaban J connectivity index is 2.12. The summed E-state index contributed by atoms with van der Waals surface area (Å²) in [7, 11) is 1.60. The number of carbonyl (C=O) groups excluding carboxylic acids is 1. The maximum Gasteiger partial charge on any atom is 0.246 e. The van der Waals surface area contributed by atoms with Crippen molar-refractivity contribution in [1.29, 1.82) is 5.26 Å². The number of nitriles is 1. The zero-order chi connectivity index (χ0) is 17.2. The number of rotatable bonds is 7. The highest BCUT2D eigenvalue weighted by Crippen LogP contribution is 2.19. The Hall–Kier alpha value is -3.06. The van der Waals surface area contributed by atoms with Crippen LogP contribution in [0.2, 0.25) is 0 Å². The van der Waals surface area contributed by atoms with Gasteiger partial charge in [-0.15, -0.1) is 0 Å². The lowest BCUT2D eigenvalue weighted by Crippen LogP contribution is -2.29. The summed E-state index contributed by atoms with van der Waals surface area (Å²) in [5.41, 5.74) is 1.88. The van der Waals surface area contributed by atoms with Crippen LogP contribution in [0.5, 0.6) is 5.75 Å². The third kappa shape index (κ3) is 4.99. The lowest BCUT2D eigenvalue weighted by Gasteiger charge is -2.20. The van der Waals surface area contributed by atoms with Crippen molar-refractivity contribution >= 4 is 12.0 Å². The fourth-order valence-electron chi connectivity index (χ4n) is 2.33. The number of hydrogen-bond acceptors (Lipinski definition) is 3. The molecule has 2 aromatic rings. The molecule has 0 aliphatic heterocycles. The molecule has 0 fully saturated rings. The first-order valence-corrected chi connectivity index (χ1v) is 7.75. The molecule has 0 unspecified atom stereocenters. The predicted octanol–water partition coefficient (Wildman–Crippen LogP) is 3.65. The van der Waals surface area contributed by atoms with Crippen LogP contribution in [-0.4, -0.2) is 24.5 Å². The molecule has 0 aliphatic rings. The molecule has 0 saturated carbocycles. The number of nitrogens with zero attached hydrogens (tertiary/aromatic N) is 2. The summed E-state index contributed by atoms with van der Waals surface area (Å²) >= 11 is 0. The van der Waals surface area contributed by atoms with E-state index in [1.807, 2.05) is 54.6 Å². The Bertz CT molecular complexity index is 733. The van der Waals surface area contributed by atoms with Crippen molar-refractivity contribution < 1.29 is 9.53 Å². The lowest BCUT2D eigenvalue weighted by atomic mass is 10.1. The van der Waals surface area contributed by atoms with Gasteiger partial charge in [-0.3, -0.25) is 4.79 Å². The molecule has 4 heteroatoms. The van der Waals surface area contributed by atoms with Crippen LogP contribution < -0.4 is 4.74 Å². The topological polar surface area (TPSA) is 53.3 Å². The predicted molar refractivity (Wildman–Crippen MR) is 94.1 cm³/mol. The second-order valence-corrected chi connectivity index (χ2v) is 5.23. The Morgan fingerprint density at radius 3 is 2.58 bits per heavy atom. The Morgan fingerprint density at radius 2 is 1.88 bits per heavy atom. The van der Waals surface area contributed by atoms with Crippen LogP contribution in [0.1, 0.15) is 17.5 Å². The molecule has 24 heavy (non-hydrogen) atoms. The van der Waals surface area contributed by atoms with Crippen molar-refractivity contribution in [3.05, 3.63) is 71.8 Å². The molecule has 1 amide bonds. The third-order valence-corrected chi connectivity index (χ3v) is 3.57. The minimum absolute atomic E-state index is 0.125. The number of benzene rings is 2. The minimum atomic E-state index is -0.125. The molecule has 0 atom stereocenters. The molecule has 0 heterocycles. The highest BCUT2D eigenvalue weighted by Gasteiger charge is 2.11. The van der Waals surface area contributed by atoms with Gasteiger partial charge in [0.1, 0.15) is 5.75 Å². The molecule has 0 aliphatic carbocycles. The van der Waals surface area contributed by atoms with Gasteiger partial charge in [-0.25, -0.2) is 0 Å². The zero-order valence-corrected chi connectivity index (χ0v) is 13.7. The molecule has 4 nitrogen and oxygen atoms in total. The van der Waals surface area contributed by atoms with E-state index in [-0.39, 0.29) is 5.91 Å². The van der Waals surface area contributed by atoms with E-state index in [0.717, 1.165) is 11.1 Å². The summed E-state index contributed by atoms with van der Waals surface area (Å²) in [5.74, 6) is 0.591. The SMILES string of the molecule is COc1ccccc1/C=C/C(=O)N(CCC#N)Cc1ccccc1. The van der Waals surface area contributed by atoms with Gasteiger partial charge < -0.3 is 9.64 Å². The molecule has 2 rings (SSSR count). The summed E-state index contributed by atoms with van der Waals surface area (Å²) in [4.78, 5) is 14.2. The van der Waals surface area contributed by atoms with Crippen LogP contribution in [0.4, 0.5) is 0 Å². The Labute approximate surface area is 142 Å². The van der Waals surface area contributed by atoms with E-state index < -0.39 is 0 Å². The molecule has 0 bridgehead atoms. The summed E-state index contributed by atoms with van der Waals surface area (Å²) in [6.45, 7) is 0.887. The van der Waals surface area contributed by atoms with Gasteiger partial charge in [0, 0.05) is 24.7 Å². The molecular formula is C20H20N2O2. The van der Waals surface area contributed by atoms with E-state index in [4.69, 9.17) is 10.00 Å². The first-order valence-electron chi connectivity index (χ1n) is 7.75. The highest BCUT2D eigenvalue weighted by molar-refractivity contribution is 5.92. The van der Waals surface area contributed by atoms with E-state index in [9.17, 15) is 4.79 Å². The fraction of sp³-hybridized carbons (Fsp3) is 0.200. The third-order valence-electron chi connectivity index (χ3n) is 3.57. The lowest BCUT2D eigenvalue weighted by molar-refractivity contribution is -0.126. The molecule has 0 spiro atoms. The number of para-hydroxylation sites is 1. The van der Waals surface area contributed by atoms with Crippen molar-refractivity contribution in [3.8, 4) is 11.8 Å². The van der Waals surface area contributed by atoms with Gasteiger partial charge in [-0.2, -0.15) is 5.26 Å². The Morgan fingerprint density at radius 1 is 1.17 bits per heavy atom. The van der Waals surface area contributed by atoms with Crippen LogP contribution in [0.15, 0.2) is 60.7 Å². The first kappa shape index (κ1) is 17.3. The van der Waals surface area contributed by atoms with Gasteiger partial charge in [-0.05, 0) is 17.7 Å². The molecule has 2 aromatic carbocycles. The van der Waals surface area contributed by atoms with Crippen LogP contribution in [0.3, 0.4) is 0 Å². The van der Waals surface area contributed by atoms with E-state index in [1.54, 1.807) is 18.1 Å². The summed E-state index contributed by atoms with van der Waals surface area (Å²) in [6.07, 6.45) is 3.57. The standard InChI is InChI=1S/C20H20N2O2/c1-24-19-11-6-5-10-18(19)12-13-20(23)22(15-7-14-21)16-17-8-3-2-4-9-17/h2-6,8-13H,7,15-16H2,1H3/b13-12+. The van der Waals surface area contributed by atoms with Crippen molar-refractivity contribution in [2.75, 3.05) is 13.7 Å². The average molecular weight is 320 g/mol. The largest absolute Gasteiger partial charge is 0.496 e. The van der Waals surface area contributed by atoms with Crippen LogP contribution >= 0.6 is 0 Å². The van der Waals surface area contributed by atoms with Gasteiger partial charge in [-0.1, -0.05) is 48.5 Å². The quantitative estimate of drug-likeness (QED) is 0.732. The number of hydrogen-bond donors (Lipinski definition) is 0. The first-order chi connectivity index (χ1) is 11.7. The van der Waals surface area contributed by atoms with Gasteiger partial charge >= 0.3 is 0 Å². The van der Waals surface area contributed by atoms with Crippen LogP contribution in [-0.2, 0) is 11.3 Å². The van der Waals surface area contributed by atoms with Gasteiger partial charge in [0.2, 0.25) is 5.91 Å². The van der Waals surface area contributed by atoms with Crippen molar-refractivity contribution in [2.24, 2.45) is 0 Å². The molecule has 0 saturated heterocycles. The van der Waals surface area contributed by atoms with E-state index in [1.165, 1.54) is 6.08 Å². The molecule has 0 radical (unpaired) electrons. The van der Waals surface area contributed by atoms with Gasteiger partial charge in [0.05, 0.1) is 19.6 Å². The highest BCUT2D eigenvalue weighted by atomic mass is 16.5. The smallest absolute Gasteiger partial charge is 0.246 e. The number of methoxy groups -OCH3 is 1. The number of amides is 1. The van der Waals surface area contributed by atoms with Crippen molar-refractivity contribution in [2.45, 2.75) is 13.0 Å². The van der Waals surface area contributed by atoms with E-state index >= 15 is 0 Å². The molecule has 122 valence electrons. The van der Waals surface area contributed by atoms with Crippen molar-refractivity contribution in [1.82, 2.24) is 4.90 Å². The maximum absolute atomic E-state index is 12.5. The van der Waals surface area contributed by atoms with Crippen LogP contribution in [0.25, 0.3) is 6.08 Å². The normalized spacial score (nSPS) is 10.3.